The van der Waals surface area contributed by atoms with E-state index in [9.17, 15) is 14.6 Å². The number of aliphatic hydroxyl groups excluding tert-OH is 3. The van der Waals surface area contributed by atoms with E-state index in [0.717, 1.165) is 0 Å². The number of hydrogen-bond donors (Lipinski definition) is 3. The highest BCUT2D eigenvalue weighted by Crippen LogP contribution is 2.38. The lowest BCUT2D eigenvalue weighted by molar-refractivity contribution is -0.164. The highest BCUT2D eigenvalue weighted by atomic mass is 32.2. The van der Waals surface area contributed by atoms with Crippen molar-refractivity contribution in [3.8, 4) is 0 Å². The zero-order chi connectivity index (χ0) is 13.6. The predicted molar refractivity (Wildman–Crippen MR) is 67.7 cm³/mol. The summed E-state index contributed by atoms with van der Waals surface area (Å²) in [5.41, 5.74) is -0.427. The molecule has 0 aromatic rings. The molecule has 0 unspecified atom stereocenters. The summed E-state index contributed by atoms with van der Waals surface area (Å²) in [5, 5.41) is 29.6. The fourth-order valence-electron chi connectivity index (χ4n) is 2.61. The van der Waals surface area contributed by atoms with Crippen LogP contribution in [0.25, 0.3) is 0 Å². The summed E-state index contributed by atoms with van der Waals surface area (Å²) in [6.45, 7) is 0.565. The van der Waals surface area contributed by atoms with Gasteiger partial charge in [-0.15, -0.1) is 0 Å². The second kappa shape index (κ2) is 5.17. The molecule has 0 spiro atoms. The number of nitrogens with zero attached hydrogens (tertiary/aromatic N) is 2. The van der Waals surface area contributed by atoms with Crippen molar-refractivity contribution in [1.82, 2.24) is 4.90 Å². The zero-order valence-electron chi connectivity index (χ0n) is 10.2. The van der Waals surface area contributed by atoms with E-state index in [2.05, 4.69) is 4.99 Å². The number of aliphatic hydroxyl groups is 3. The number of thioether (sulfide) groups is 1. The number of halogens is 1. The normalized spacial score (nSPS) is 46.3. The number of aliphatic imine (C=N–C) groups is 1. The van der Waals surface area contributed by atoms with Gasteiger partial charge in [0.2, 0.25) is 0 Å². The first-order valence-corrected chi connectivity index (χ1v) is 7.24. The van der Waals surface area contributed by atoms with Crippen LogP contribution in [0.2, 0.25) is 0 Å². The molecular weight excluding hydrogens is 275 g/mol. The molecule has 3 aliphatic rings. The van der Waals surface area contributed by atoms with E-state index in [1.165, 1.54) is 11.8 Å². The lowest BCUT2D eigenvalue weighted by atomic mass is 9.99. The van der Waals surface area contributed by atoms with Crippen molar-refractivity contribution < 1.29 is 24.4 Å². The van der Waals surface area contributed by atoms with E-state index in [0.29, 0.717) is 24.7 Å². The Morgan fingerprint density at radius 2 is 2.21 bits per heavy atom. The van der Waals surface area contributed by atoms with Gasteiger partial charge in [0.15, 0.2) is 5.17 Å². The zero-order valence-corrected chi connectivity index (χ0v) is 11.0. The first-order valence-electron chi connectivity index (χ1n) is 6.36. The Morgan fingerprint density at radius 1 is 1.42 bits per heavy atom. The maximum Gasteiger partial charge on any atom is 0.162 e. The number of hydrogen-bond acceptors (Lipinski definition) is 7. The van der Waals surface area contributed by atoms with Gasteiger partial charge in [-0.1, -0.05) is 11.8 Å². The van der Waals surface area contributed by atoms with Crippen LogP contribution < -0.4 is 0 Å². The molecule has 3 aliphatic heterocycles. The third-order valence-corrected chi connectivity index (χ3v) is 4.93. The number of amidine groups is 1. The van der Waals surface area contributed by atoms with Gasteiger partial charge in [-0.2, -0.15) is 0 Å². The monoisotopic (exact) mass is 292 g/mol. The van der Waals surface area contributed by atoms with Gasteiger partial charge in [0, 0.05) is 6.54 Å². The first kappa shape index (κ1) is 13.6. The highest BCUT2D eigenvalue weighted by Gasteiger charge is 2.49. The molecule has 2 saturated heterocycles. The van der Waals surface area contributed by atoms with Crippen molar-refractivity contribution in [1.29, 1.82) is 0 Å². The Bertz CT molecular complexity index is 386. The van der Waals surface area contributed by atoms with E-state index in [1.54, 1.807) is 0 Å². The fourth-order valence-corrected chi connectivity index (χ4v) is 3.88. The summed E-state index contributed by atoms with van der Waals surface area (Å²) < 4.78 is 18.7. The second-order valence-electron chi connectivity index (χ2n) is 5.06. The largest absolute Gasteiger partial charge is 0.394 e. The minimum Gasteiger partial charge on any atom is -0.394 e. The SMILES string of the molecule is OC[C@H]1O[C@@H]2SC(N3CC[C@@H](F)C3)=N[C@@H]2[C@@H](O)[C@@H]1O. The minimum absolute atomic E-state index is 0.313. The summed E-state index contributed by atoms with van der Waals surface area (Å²) in [6.07, 6.45) is -3.37. The van der Waals surface area contributed by atoms with E-state index < -0.39 is 36.0 Å². The van der Waals surface area contributed by atoms with Crippen molar-refractivity contribution in [3.63, 3.8) is 0 Å². The van der Waals surface area contributed by atoms with Gasteiger partial charge < -0.3 is 25.0 Å². The van der Waals surface area contributed by atoms with Gasteiger partial charge in [-0.05, 0) is 6.42 Å². The molecule has 0 radical (unpaired) electrons. The Balaban J connectivity index is 1.72. The third kappa shape index (κ3) is 2.36. The molecule has 19 heavy (non-hydrogen) atoms. The van der Waals surface area contributed by atoms with Crippen LogP contribution in [-0.2, 0) is 4.74 Å². The maximum atomic E-state index is 13.2. The molecule has 8 heteroatoms. The number of alkyl halides is 1. The average Bonchev–Trinajstić information content (AvgIpc) is 2.99. The average molecular weight is 292 g/mol. The van der Waals surface area contributed by atoms with Gasteiger partial charge in [0.1, 0.15) is 36.0 Å². The van der Waals surface area contributed by atoms with Crippen molar-refractivity contribution in [3.05, 3.63) is 0 Å². The number of ether oxygens (including phenoxy) is 1. The Morgan fingerprint density at radius 3 is 2.84 bits per heavy atom. The number of rotatable bonds is 1. The highest BCUT2D eigenvalue weighted by molar-refractivity contribution is 8.14. The topological polar surface area (TPSA) is 85.5 Å². The molecule has 0 aromatic carbocycles. The summed E-state index contributed by atoms with van der Waals surface area (Å²) in [4.78, 5) is 6.19. The molecule has 6 atom stereocenters. The van der Waals surface area contributed by atoms with Crippen LogP contribution in [0.3, 0.4) is 0 Å². The lowest BCUT2D eigenvalue weighted by Crippen LogP contribution is -2.55. The molecule has 0 aliphatic carbocycles. The van der Waals surface area contributed by atoms with Crippen LogP contribution in [-0.4, -0.2) is 81.0 Å². The van der Waals surface area contributed by atoms with Crippen LogP contribution >= 0.6 is 11.8 Å². The molecule has 3 N–H and O–H groups in total. The molecule has 0 aromatic heterocycles. The third-order valence-electron chi connectivity index (χ3n) is 3.73. The minimum atomic E-state index is -1.15. The van der Waals surface area contributed by atoms with Crippen molar-refractivity contribution in [2.75, 3.05) is 19.7 Å². The van der Waals surface area contributed by atoms with Gasteiger partial charge in [-0.25, -0.2) is 4.39 Å². The summed E-state index contributed by atoms with van der Waals surface area (Å²) in [6, 6.07) is -0.559. The van der Waals surface area contributed by atoms with Gasteiger partial charge >= 0.3 is 0 Å². The molecule has 0 amide bonds. The molecule has 3 rings (SSSR count). The van der Waals surface area contributed by atoms with Crippen LogP contribution in [0.15, 0.2) is 4.99 Å². The molecule has 108 valence electrons. The predicted octanol–water partition coefficient (Wildman–Crippen LogP) is -1.06. The van der Waals surface area contributed by atoms with Crippen molar-refractivity contribution >= 4 is 16.9 Å². The van der Waals surface area contributed by atoms with E-state index in [-0.39, 0.29) is 6.61 Å². The van der Waals surface area contributed by atoms with Crippen molar-refractivity contribution in [2.45, 2.75) is 42.4 Å². The molecular formula is C11H17FN2O4S. The Kier molecular flexibility index (Phi) is 3.69. The maximum absolute atomic E-state index is 13.2. The van der Waals surface area contributed by atoms with Crippen LogP contribution in [0.1, 0.15) is 6.42 Å². The van der Waals surface area contributed by atoms with E-state index >= 15 is 0 Å². The standard InChI is InChI=1S/C11H17FN2O4S/c12-5-1-2-14(3-5)11-13-7-9(17)8(16)6(4-15)18-10(7)19-11/h5-10,15-17H,1-4H2/t5-,6-,7-,8-,9-,10-/m1/s1. The van der Waals surface area contributed by atoms with Crippen molar-refractivity contribution in [2.24, 2.45) is 4.99 Å². The lowest BCUT2D eigenvalue weighted by Gasteiger charge is -2.37. The smallest absolute Gasteiger partial charge is 0.162 e. The quantitative estimate of drug-likeness (QED) is 0.571. The molecule has 0 saturated carbocycles. The van der Waals surface area contributed by atoms with E-state index in [4.69, 9.17) is 9.84 Å². The first-order chi connectivity index (χ1) is 9.10. The van der Waals surface area contributed by atoms with Gasteiger partial charge in [0.25, 0.3) is 0 Å². The fraction of sp³-hybridized carbons (Fsp3) is 0.909. The van der Waals surface area contributed by atoms with Crippen LogP contribution in [0, 0.1) is 0 Å². The summed E-state index contributed by atoms with van der Waals surface area (Å²) in [5.74, 6) is 0. The second-order valence-corrected chi connectivity index (χ2v) is 6.12. The molecule has 0 bridgehead atoms. The Hall–Kier alpha value is -0.410. The summed E-state index contributed by atoms with van der Waals surface area (Å²) >= 11 is 1.32. The molecule has 3 heterocycles. The van der Waals surface area contributed by atoms with Crippen LogP contribution in [0.5, 0.6) is 0 Å². The van der Waals surface area contributed by atoms with Gasteiger partial charge in [0.05, 0.1) is 13.2 Å². The number of fused-ring (bicyclic) bond motifs is 1. The molecule has 6 nitrogen and oxygen atoms in total. The molecule has 2 fully saturated rings. The van der Waals surface area contributed by atoms with E-state index in [1.807, 2.05) is 4.90 Å². The van der Waals surface area contributed by atoms with Crippen LogP contribution in [0.4, 0.5) is 4.39 Å². The summed E-state index contributed by atoms with van der Waals surface area (Å²) in [7, 11) is 0. The Labute approximate surface area is 114 Å². The van der Waals surface area contributed by atoms with Gasteiger partial charge in [-0.3, -0.25) is 4.99 Å². The number of likely N-dealkylation sites (tertiary alicyclic amines) is 1.